The summed E-state index contributed by atoms with van der Waals surface area (Å²) in [6, 6.07) is 12.2. The summed E-state index contributed by atoms with van der Waals surface area (Å²) in [5, 5.41) is 2.58. The maximum atomic E-state index is 12.7. The zero-order valence-electron chi connectivity index (χ0n) is 16.5. The summed E-state index contributed by atoms with van der Waals surface area (Å²) in [7, 11) is -3.80. The van der Waals surface area contributed by atoms with Crippen LogP contribution >= 0.6 is 11.8 Å². The molecule has 31 heavy (non-hydrogen) atoms. The number of nitrogen functional groups attached to an aromatic ring is 2. The van der Waals surface area contributed by atoms with Crippen molar-refractivity contribution in [1.82, 2.24) is 15.0 Å². The number of carbonyl (C=O) groups excluding carboxylic acids is 1. The zero-order valence-corrected chi connectivity index (χ0v) is 18.2. The molecule has 0 saturated heterocycles. The number of rotatable bonds is 8. The highest BCUT2D eigenvalue weighted by Crippen LogP contribution is 2.25. The second kappa shape index (κ2) is 9.62. The number of benzene rings is 1. The van der Waals surface area contributed by atoms with Gasteiger partial charge >= 0.3 is 0 Å². The number of nitrogens with two attached hydrogens (primary N) is 2. The summed E-state index contributed by atoms with van der Waals surface area (Å²) in [6.07, 6.45) is 2.00. The molecule has 0 saturated carbocycles. The molecule has 0 radical (unpaired) electrons. The van der Waals surface area contributed by atoms with Crippen LogP contribution in [0.5, 0.6) is 0 Å². The third kappa shape index (κ3) is 6.06. The first kappa shape index (κ1) is 22.3. The first-order valence-electron chi connectivity index (χ1n) is 9.18. The molecule has 0 spiro atoms. The van der Waals surface area contributed by atoms with Gasteiger partial charge < -0.3 is 16.8 Å². The molecule has 0 bridgehead atoms. The molecule has 0 fully saturated rings. The second-order valence-electron chi connectivity index (χ2n) is 6.35. The van der Waals surface area contributed by atoms with E-state index in [4.69, 9.17) is 11.5 Å². The van der Waals surface area contributed by atoms with Crippen LogP contribution in [0.3, 0.4) is 0 Å². The van der Waals surface area contributed by atoms with E-state index in [0.717, 1.165) is 11.8 Å². The van der Waals surface area contributed by atoms with Crippen LogP contribution in [0.1, 0.15) is 13.3 Å². The Morgan fingerprint density at radius 1 is 1.10 bits per heavy atom. The van der Waals surface area contributed by atoms with Gasteiger partial charge in [0.1, 0.15) is 17.5 Å². The average Bonchev–Trinajstić information content (AvgIpc) is 2.72. The van der Waals surface area contributed by atoms with Crippen LogP contribution in [-0.4, -0.2) is 34.5 Å². The number of anilines is 4. The van der Waals surface area contributed by atoms with E-state index in [1.54, 1.807) is 18.2 Å². The number of carbonyl (C=O) groups is 1. The molecule has 1 unspecified atom stereocenters. The number of sulfonamides is 1. The number of nitrogens with zero attached hydrogens (tertiary/aromatic N) is 3. The molecule has 2 heterocycles. The van der Waals surface area contributed by atoms with Crippen LogP contribution in [0, 0.1) is 0 Å². The summed E-state index contributed by atoms with van der Waals surface area (Å²) in [5.41, 5.74) is 11.8. The quantitative estimate of drug-likeness (QED) is 0.292. The van der Waals surface area contributed by atoms with Crippen LogP contribution in [0.4, 0.5) is 23.1 Å². The van der Waals surface area contributed by atoms with Crippen LogP contribution in [0.2, 0.25) is 0 Å². The van der Waals surface area contributed by atoms with Crippen molar-refractivity contribution in [3.8, 4) is 0 Å². The maximum Gasteiger partial charge on any atom is 0.263 e. The van der Waals surface area contributed by atoms with E-state index in [1.807, 2.05) is 6.92 Å². The molecule has 2 aromatic heterocycles. The zero-order chi connectivity index (χ0) is 22.4. The number of hydrogen-bond acceptors (Lipinski definition) is 9. The molecule has 3 aromatic rings. The van der Waals surface area contributed by atoms with Crippen molar-refractivity contribution in [1.29, 1.82) is 0 Å². The Bertz CT molecular complexity index is 1140. The van der Waals surface area contributed by atoms with Crippen molar-refractivity contribution in [2.75, 3.05) is 21.5 Å². The van der Waals surface area contributed by atoms with Crippen LogP contribution in [-0.2, 0) is 14.8 Å². The predicted octanol–water partition coefficient (Wildman–Crippen LogP) is 2.35. The molecule has 6 N–H and O–H groups in total. The van der Waals surface area contributed by atoms with Gasteiger partial charge in [0.2, 0.25) is 5.91 Å². The average molecular weight is 460 g/mol. The lowest BCUT2D eigenvalue weighted by Crippen LogP contribution is -2.25. The largest absolute Gasteiger partial charge is 0.383 e. The lowest BCUT2D eigenvalue weighted by atomic mass is 10.3. The van der Waals surface area contributed by atoms with Crippen molar-refractivity contribution in [3.63, 3.8) is 0 Å². The Morgan fingerprint density at radius 3 is 2.35 bits per heavy atom. The van der Waals surface area contributed by atoms with Gasteiger partial charge in [-0.05, 0) is 42.8 Å². The van der Waals surface area contributed by atoms with Gasteiger partial charge in [-0.25, -0.2) is 23.4 Å². The number of aromatic nitrogens is 3. The molecule has 0 aliphatic rings. The third-order valence-corrected chi connectivity index (χ3v) is 6.59. The van der Waals surface area contributed by atoms with Crippen molar-refractivity contribution < 1.29 is 13.2 Å². The molecule has 162 valence electrons. The lowest BCUT2D eigenvalue weighted by molar-refractivity contribution is -0.115. The minimum Gasteiger partial charge on any atom is -0.383 e. The van der Waals surface area contributed by atoms with E-state index in [9.17, 15) is 13.2 Å². The Morgan fingerprint density at radius 2 is 1.77 bits per heavy atom. The number of thioether (sulfide) groups is 1. The Kier molecular flexibility index (Phi) is 6.92. The van der Waals surface area contributed by atoms with Crippen molar-refractivity contribution in [2.45, 2.75) is 28.6 Å². The molecular formula is C19H21N7O3S2. The molecule has 1 amide bonds. The summed E-state index contributed by atoms with van der Waals surface area (Å²) in [6.45, 7) is 1.85. The van der Waals surface area contributed by atoms with E-state index < -0.39 is 15.3 Å². The van der Waals surface area contributed by atoms with E-state index in [-0.39, 0.29) is 28.3 Å². The van der Waals surface area contributed by atoms with Gasteiger partial charge in [0.15, 0.2) is 5.16 Å². The van der Waals surface area contributed by atoms with Crippen LogP contribution in [0.15, 0.2) is 64.8 Å². The van der Waals surface area contributed by atoms with Crippen LogP contribution < -0.4 is 21.5 Å². The van der Waals surface area contributed by atoms with Crippen molar-refractivity contribution >= 4 is 50.8 Å². The molecule has 0 aliphatic heterocycles. The smallest absolute Gasteiger partial charge is 0.263 e. The Balaban J connectivity index is 1.67. The number of pyridine rings is 1. The van der Waals surface area contributed by atoms with Gasteiger partial charge in [-0.1, -0.05) is 24.8 Å². The summed E-state index contributed by atoms with van der Waals surface area (Å²) in [5.74, 6) is 0.383. The fraction of sp³-hybridized carbons (Fsp3) is 0.158. The summed E-state index contributed by atoms with van der Waals surface area (Å²) < 4.78 is 27.3. The minimum absolute atomic E-state index is 0.0428. The first-order chi connectivity index (χ1) is 14.8. The van der Waals surface area contributed by atoms with Gasteiger partial charge in [-0.2, -0.15) is 0 Å². The van der Waals surface area contributed by atoms with Crippen LogP contribution in [0.25, 0.3) is 0 Å². The lowest BCUT2D eigenvalue weighted by Gasteiger charge is -2.14. The minimum atomic E-state index is -3.80. The van der Waals surface area contributed by atoms with Crippen molar-refractivity contribution in [3.05, 3.63) is 54.7 Å². The van der Waals surface area contributed by atoms with Crippen molar-refractivity contribution in [2.24, 2.45) is 0 Å². The molecular weight excluding hydrogens is 438 g/mol. The fourth-order valence-corrected chi connectivity index (χ4v) is 4.44. The normalized spacial score (nSPS) is 12.2. The second-order valence-corrected chi connectivity index (χ2v) is 9.20. The SMILES string of the molecule is CCC(Sc1nc(N)cc(N)n1)C(=O)Nc1ccc(S(=O)(=O)Nc2ccccn2)cc1. The number of amides is 1. The Labute approximate surface area is 183 Å². The van der Waals surface area contributed by atoms with E-state index in [2.05, 4.69) is 25.0 Å². The Hall–Kier alpha value is -3.38. The van der Waals surface area contributed by atoms with E-state index >= 15 is 0 Å². The van der Waals surface area contributed by atoms with Gasteiger partial charge in [-0.3, -0.25) is 9.52 Å². The van der Waals surface area contributed by atoms with E-state index in [0.29, 0.717) is 17.3 Å². The molecule has 3 rings (SSSR count). The van der Waals surface area contributed by atoms with Gasteiger partial charge in [0.25, 0.3) is 10.0 Å². The predicted molar refractivity (Wildman–Crippen MR) is 121 cm³/mol. The molecule has 1 aromatic carbocycles. The number of nitrogens with one attached hydrogen (secondary N) is 2. The number of hydrogen-bond donors (Lipinski definition) is 4. The maximum absolute atomic E-state index is 12.7. The summed E-state index contributed by atoms with van der Waals surface area (Å²) >= 11 is 1.15. The fourth-order valence-electron chi connectivity index (χ4n) is 2.52. The molecule has 0 aliphatic carbocycles. The highest BCUT2D eigenvalue weighted by atomic mass is 32.2. The summed E-state index contributed by atoms with van der Waals surface area (Å²) in [4.78, 5) is 24.8. The highest BCUT2D eigenvalue weighted by Gasteiger charge is 2.21. The third-order valence-electron chi connectivity index (χ3n) is 3.99. The topological polar surface area (TPSA) is 166 Å². The standard InChI is InChI=1S/C19H21N7O3S2/c1-2-14(30-19-24-15(20)11-16(21)25-19)18(27)23-12-6-8-13(9-7-12)31(28,29)26-17-5-3-4-10-22-17/h3-11,14H,2H2,1H3,(H,22,26)(H,23,27)(H4,20,21,24,25). The molecule has 1 atom stereocenters. The molecule has 12 heteroatoms. The first-order valence-corrected chi connectivity index (χ1v) is 11.5. The monoisotopic (exact) mass is 459 g/mol. The highest BCUT2D eigenvalue weighted by molar-refractivity contribution is 8.00. The van der Waals surface area contributed by atoms with Gasteiger partial charge in [0.05, 0.1) is 10.1 Å². The van der Waals surface area contributed by atoms with Gasteiger partial charge in [-0.15, -0.1) is 0 Å². The molecule has 10 nitrogen and oxygen atoms in total. The van der Waals surface area contributed by atoms with Gasteiger partial charge in [0, 0.05) is 18.0 Å². The van der Waals surface area contributed by atoms with E-state index in [1.165, 1.54) is 36.5 Å².